The zero-order valence-corrected chi connectivity index (χ0v) is 10.7. The van der Waals surface area contributed by atoms with Crippen molar-refractivity contribution in [2.24, 2.45) is 11.6 Å². The van der Waals surface area contributed by atoms with E-state index in [0.29, 0.717) is 6.54 Å². The molecule has 0 aromatic heterocycles. The lowest BCUT2D eigenvalue weighted by Gasteiger charge is -2.17. The van der Waals surface area contributed by atoms with Gasteiger partial charge in [-0.3, -0.25) is 5.01 Å². The van der Waals surface area contributed by atoms with E-state index in [4.69, 9.17) is 23.8 Å². The van der Waals surface area contributed by atoms with E-state index < -0.39 is 0 Å². The van der Waals surface area contributed by atoms with Crippen LogP contribution in [-0.2, 0) is 19.4 Å². The molecule has 3 nitrogen and oxygen atoms in total. The molecular formula is C12H19N3S. The first-order valence-electron chi connectivity index (χ1n) is 5.50. The molecule has 0 saturated carbocycles. The van der Waals surface area contributed by atoms with Crippen LogP contribution in [0.1, 0.15) is 30.5 Å². The summed E-state index contributed by atoms with van der Waals surface area (Å²) in [6, 6.07) is 6.53. The molecule has 1 aromatic carbocycles. The zero-order valence-electron chi connectivity index (χ0n) is 9.86. The molecule has 0 aliphatic rings. The van der Waals surface area contributed by atoms with Crippen molar-refractivity contribution >= 4 is 17.3 Å². The monoisotopic (exact) mass is 237 g/mol. The van der Waals surface area contributed by atoms with Gasteiger partial charge in [0.15, 0.2) is 5.11 Å². The van der Waals surface area contributed by atoms with Gasteiger partial charge in [-0.05, 0) is 41.7 Å². The van der Waals surface area contributed by atoms with E-state index in [0.717, 1.165) is 18.4 Å². The first-order valence-corrected chi connectivity index (χ1v) is 5.91. The lowest BCUT2D eigenvalue weighted by molar-refractivity contribution is 0.437. The Kier molecular flexibility index (Phi) is 4.71. The van der Waals surface area contributed by atoms with Crippen molar-refractivity contribution in [1.29, 1.82) is 0 Å². The number of aryl methyl sites for hydroxylation is 2. The van der Waals surface area contributed by atoms with E-state index in [-0.39, 0.29) is 5.11 Å². The molecule has 1 aromatic rings. The van der Waals surface area contributed by atoms with Gasteiger partial charge >= 0.3 is 0 Å². The van der Waals surface area contributed by atoms with Gasteiger partial charge in [-0.1, -0.05) is 32.0 Å². The third-order valence-corrected chi connectivity index (χ3v) is 2.80. The maximum absolute atomic E-state index is 5.70. The Hall–Kier alpha value is -1.13. The molecule has 1 rings (SSSR count). The molecule has 0 fully saturated rings. The van der Waals surface area contributed by atoms with Crippen LogP contribution in [-0.4, -0.2) is 10.1 Å². The van der Waals surface area contributed by atoms with Gasteiger partial charge in [0.1, 0.15) is 0 Å². The second-order valence-electron chi connectivity index (χ2n) is 3.83. The first kappa shape index (κ1) is 12.9. The molecule has 0 heterocycles. The minimum atomic E-state index is 0.222. The number of hydrogen-bond donors (Lipinski definition) is 2. The van der Waals surface area contributed by atoms with Crippen LogP contribution in [0.2, 0.25) is 0 Å². The maximum Gasteiger partial charge on any atom is 0.180 e. The summed E-state index contributed by atoms with van der Waals surface area (Å²) in [6.07, 6.45) is 2.05. The van der Waals surface area contributed by atoms with Crippen LogP contribution in [0, 0.1) is 0 Å². The molecular weight excluding hydrogens is 218 g/mol. The Bertz CT molecular complexity index is 354. The molecule has 0 radical (unpaired) electrons. The summed E-state index contributed by atoms with van der Waals surface area (Å²) in [5, 5.41) is 1.61. The van der Waals surface area contributed by atoms with Crippen molar-refractivity contribution in [3.63, 3.8) is 0 Å². The topological polar surface area (TPSA) is 55.3 Å². The maximum atomic E-state index is 5.70. The summed E-state index contributed by atoms with van der Waals surface area (Å²) in [7, 11) is 0. The van der Waals surface area contributed by atoms with Gasteiger partial charge in [0.2, 0.25) is 0 Å². The highest BCUT2D eigenvalue weighted by atomic mass is 32.1. The predicted octanol–water partition coefficient (Wildman–Crippen LogP) is 1.73. The summed E-state index contributed by atoms with van der Waals surface area (Å²) in [5.74, 6) is 5.70. The summed E-state index contributed by atoms with van der Waals surface area (Å²) in [4.78, 5) is 0. The fraction of sp³-hybridized carbons (Fsp3) is 0.417. The lowest BCUT2D eigenvalue weighted by Crippen LogP contribution is -2.40. The Balaban J connectivity index is 2.90. The minimum Gasteiger partial charge on any atom is -0.375 e. The molecule has 0 atom stereocenters. The molecule has 16 heavy (non-hydrogen) atoms. The van der Waals surface area contributed by atoms with E-state index in [1.807, 2.05) is 0 Å². The molecule has 0 unspecified atom stereocenters. The van der Waals surface area contributed by atoms with Crippen molar-refractivity contribution < 1.29 is 0 Å². The molecule has 4 heteroatoms. The third-order valence-electron chi connectivity index (χ3n) is 2.56. The fourth-order valence-electron chi connectivity index (χ4n) is 1.61. The molecule has 0 aliphatic carbocycles. The molecule has 0 aliphatic heterocycles. The van der Waals surface area contributed by atoms with Gasteiger partial charge in [-0.2, -0.15) is 0 Å². The highest BCUT2D eigenvalue weighted by Crippen LogP contribution is 2.13. The molecule has 0 spiro atoms. The fourth-order valence-corrected chi connectivity index (χ4v) is 1.68. The van der Waals surface area contributed by atoms with Gasteiger partial charge in [-0.25, -0.2) is 5.84 Å². The first-order chi connectivity index (χ1) is 7.56. The predicted molar refractivity (Wildman–Crippen MR) is 71.7 cm³/mol. The van der Waals surface area contributed by atoms with Gasteiger partial charge in [0.25, 0.3) is 0 Å². The standard InChI is InChI=1S/C12H19N3S/c1-3-9-5-10(4-2)7-11(6-9)8-15(14)12(13)16/h5-7H,3-4,8,14H2,1-2H3,(H2,13,16). The number of thiocarbonyl (C=S) groups is 1. The van der Waals surface area contributed by atoms with Crippen molar-refractivity contribution in [3.8, 4) is 0 Å². The van der Waals surface area contributed by atoms with Gasteiger partial charge in [0.05, 0.1) is 6.54 Å². The van der Waals surface area contributed by atoms with E-state index >= 15 is 0 Å². The average molecular weight is 237 g/mol. The smallest absolute Gasteiger partial charge is 0.180 e. The van der Waals surface area contributed by atoms with E-state index in [9.17, 15) is 0 Å². The van der Waals surface area contributed by atoms with Gasteiger partial charge in [0, 0.05) is 0 Å². The SMILES string of the molecule is CCc1cc(CC)cc(CN(N)C(N)=S)c1. The molecule has 0 bridgehead atoms. The second-order valence-corrected chi connectivity index (χ2v) is 4.25. The highest BCUT2D eigenvalue weighted by molar-refractivity contribution is 7.80. The van der Waals surface area contributed by atoms with E-state index in [1.165, 1.54) is 16.1 Å². The minimum absolute atomic E-state index is 0.222. The second kappa shape index (κ2) is 5.82. The van der Waals surface area contributed by atoms with Crippen molar-refractivity contribution in [1.82, 2.24) is 5.01 Å². The third kappa shape index (κ3) is 3.47. The normalized spacial score (nSPS) is 10.2. The van der Waals surface area contributed by atoms with Crippen LogP contribution in [0.5, 0.6) is 0 Å². The van der Waals surface area contributed by atoms with Crippen LogP contribution in [0.3, 0.4) is 0 Å². The Morgan fingerprint density at radius 1 is 1.12 bits per heavy atom. The van der Waals surface area contributed by atoms with Crippen LogP contribution in [0.4, 0.5) is 0 Å². The Labute approximate surface area is 102 Å². The number of nitrogens with zero attached hydrogens (tertiary/aromatic N) is 1. The molecule has 0 saturated heterocycles. The highest BCUT2D eigenvalue weighted by Gasteiger charge is 2.04. The summed E-state index contributed by atoms with van der Waals surface area (Å²) in [6.45, 7) is 4.86. The quantitative estimate of drug-likeness (QED) is 0.476. The van der Waals surface area contributed by atoms with Crippen molar-refractivity contribution in [2.45, 2.75) is 33.2 Å². The van der Waals surface area contributed by atoms with Crippen LogP contribution in [0.15, 0.2) is 18.2 Å². The summed E-state index contributed by atoms with van der Waals surface area (Å²) in [5.41, 5.74) is 9.27. The zero-order chi connectivity index (χ0) is 12.1. The van der Waals surface area contributed by atoms with Crippen LogP contribution in [0.25, 0.3) is 0 Å². The Morgan fingerprint density at radius 3 is 1.94 bits per heavy atom. The van der Waals surface area contributed by atoms with Gasteiger partial charge < -0.3 is 5.73 Å². The number of benzene rings is 1. The molecule has 4 N–H and O–H groups in total. The Morgan fingerprint density at radius 2 is 1.56 bits per heavy atom. The largest absolute Gasteiger partial charge is 0.375 e. The van der Waals surface area contributed by atoms with Crippen molar-refractivity contribution in [2.75, 3.05) is 0 Å². The van der Waals surface area contributed by atoms with Crippen molar-refractivity contribution in [3.05, 3.63) is 34.9 Å². The summed E-state index contributed by atoms with van der Waals surface area (Å²) < 4.78 is 0. The lowest BCUT2D eigenvalue weighted by atomic mass is 10.0. The summed E-state index contributed by atoms with van der Waals surface area (Å²) >= 11 is 4.82. The van der Waals surface area contributed by atoms with E-state index in [2.05, 4.69) is 32.0 Å². The number of hydrogen-bond acceptors (Lipinski definition) is 2. The van der Waals surface area contributed by atoms with Crippen LogP contribution >= 0.6 is 12.2 Å². The number of rotatable bonds is 4. The van der Waals surface area contributed by atoms with Gasteiger partial charge in [-0.15, -0.1) is 0 Å². The average Bonchev–Trinajstić information content (AvgIpc) is 2.28. The number of nitrogens with two attached hydrogens (primary N) is 2. The molecule has 88 valence electrons. The number of hydrazine groups is 1. The molecule has 0 amide bonds. The van der Waals surface area contributed by atoms with E-state index in [1.54, 1.807) is 0 Å². The van der Waals surface area contributed by atoms with Crippen LogP contribution < -0.4 is 11.6 Å².